The van der Waals surface area contributed by atoms with Crippen LogP contribution in [0.15, 0.2) is 72.8 Å². The van der Waals surface area contributed by atoms with E-state index in [9.17, 15) is 9.59 Å². The van der Waals surface area contributed by atoms with Crippen LogP contribution >= 0.6 is 0 Å². The van der Waals surface area contributed by atoms with E-state index < -0.39 is 12.0 Å². The molecule has 5 rings (SSSR count). The molecule has 2 saturated heterocycles. The highest BCUT2D eigenvalue weighted by molar-refractivity contribution is 6.24. The summed E-state index contributed by atoms with van der Waals surface area (Å²) in [5.41, 5.74) is 5.66. The number of anilines is 2. The number of carbonyl (C=O) groups excluding carboxylic acids is 2. The fraction of sp³-hybridized carbons (Fsp3) is 0.231. The Morgan fingerprint density at radius 1 is 0.742 bits per heavy atom. The van der Waals surface area contributed by atoms with E-state index in [1.807, 2.05) is 93.6 Å². The number of fused-ring (bicyclic) bond motifs is 1. The van der Waals surface area contributed by atoms with Crippen LogP contribution in [0.25, 0.3) is 0 Å². The molecule has 0 N–H and O–H groups in total. The van der Waals surface area contributed by atoms with Crippen LogP contribution in [0.3, 0.4) is 0 Å². The third kappa shape index (κ3) is 3.13. The third-order valence-electron chi connectivity index (χ3n) is 6.29. The van der Waals surface area contributed by atoms with Crippen molar-refractivity contribution in [3.05, 3.63) is 95.1 Å². The molecular formula is C26H24N2O3. The normalized spacial score (nSPS) is 22.9. The Kier molecular flexibility index (Phi) is 4.63. The highest BCUT2D eigenvalue weighted by Gasteiger charge is 2.60. The lowest BCUT2D eigenvalue weighted by Crippen LogP contribution is -2.37. The number of rotatable bonds is 3. The number of benzene rings is 3. The molecule has 0 aliphatic carbocycles. The summed E-state index contributed by atoms with van der Waals surface area (Å²) in [7, 11) is 0. The molecule has 0 unspecified atom stereocenters. The van der Waals surface area contributed by atoms with Crippen LogP contribution in [-0.4, -0.2) is 17.9 Å². The van der Waals surface area contributed by atoms with E-state index in [2.05, 4.69) is 0 Å². The Balaban J connectivity index is 1.58. The number of imide groups is 1. The lowest BCUT2D eigenvalue weighted by Gasteiger charge is -2.29. The van der Waals surface area contributed by atoms with Gasteiger partial charge in [0.1, 0.15) is 5.92 Å². The number of hydrogen-bond donors (Lipinski definition) is 0. The molecule has 156 valence electrons. The van der Waals surface area contributed by atoms with Gasteiger partial charge in [0, 0.05) is 0 Å². The van der Waals surface area contributed by atoms with Crippen molar-refractivity contribution in [1.82, 2.24) is 0 Å². The summed E-state index contributed by atoms with van der Waals surface area (Å²) >= 11 is 0. The first kappa shape index (κ1) is 19.5. The van der Waals surface area contributed by atoms with Crippen molar-refractivity contribution in [2.45, 2.75) is 32.9 Å². The fourth-order valence-electron chi connectivity index (χ4n) is 4.43. The first-order valence-electron chi connectivity index (χ1n) is 10.5. The topological polar surface area (TPSA) is 49.9 Å². The Bertz CT molecular complexity index is 1160. The van der Waals surface area contributed by atoms with Gasteiger partial charge in [0.05, 0.1) is 17.4 Å². The van der Waals surface area contributed by atoms with Gasteiger partial charge < -0.3 is 0 Å². The Morgan fingerprint density at radius 3 is 2.13 bits per heavy atom. The average molecular weight is 412 g/mol. The van der Waals surface area contributed by atoms with Crippen molar-refractivity contribution in [2.75, 3.05) is 9.96 Å². The Hall–Kier alpha value is -3.44. The molecule has 0 radical (unpaired) electrons. The first-order chi connectivity index (χ1) is 15.0. The van der Waals surface area contributed by atoms with Gasteiger partial charge in [-0.15, -0.1) is 0 Å². The molecule has 3 aromatic carbocycles. The highest BCUT2D eigenvalue weighted by atomic mass is 16.7. The molecule has 2 fully saturated rings. The second kappa shape index (κ2) is 7.36. The lowest BCUT2D eigenvalue weighted by atomic mass is 9.90. The number of para-hydroxylation sites is 1. The van der Waals surface area contributed by atoms with Crippen LogP contribution in [-0.2, 0) is 14.4 Å². The SMILES string of the molecule is Cc1ccc([C@@H]2[C@H]3C(=O)N(c4ccc(C)c(C)c4)C(=O)[C@H]3ON2c2ccccc2)cc1. The van der Waals surface area contributed by atoms with Gasteiger partial charge in [-0.25, -0.2) is 9.96 Å². The van der Waals surface area contributed by atoms with Crippen molar-refractivity contribution in [3.8, 4) is 0 Å². The number of hydroxylamine groups is 1. The van der Waals surface area contributed by atoms with Crippen molar-refractivity contribution >= 4 is 23.2 Å². The molecule has 0 spiro atoms. The van der Waals surface area contributed by atoms with Gasteiger partial charge in [-0.3, -0.25) is 14.4 Å². The van der Waals surface area contributed by atoms with Crippen LogP contribution < -0.4 is 9.96 Å². The van der Waals surface area contributed by atoms with E-state index in [4.69, 9.17) is 4.84 Å². The lowest BCUT2D eigenvalue weighted by molar-refractivity contribution is -0.126. The zero-order chi connectivity index (χ0) is 21.7. The van der Waals surface area contributed by atoms with E-state index in [0.717, 1.165) is 27.9 Å². The maximum atomic E-state index is 13.6. The van der Waals surface area contributed by atoms with Crippen molar-refractivity contribution in [3.63, 3.8) is 0 Å². The van der Waals surface area contributed by atoms with Gasteiger partial charge in [-0.2, -0.15) is 0 Å². The minimum absolute atomic E-state index is 0.220. The van der Waals surface area contributed by atoms with E-state index in [-0.39, 0.29) is 17.9 Å². The summed E-state index contributed by atoms with van der Waals surface area (Å²) in [6.07, 6.45) is -0.847. The molecule has 2 heterocycles. The maximum absolute atomic E-state index is 13.6. The molecule has 3 atom stereocenters. The van der Waals surface area contributed by atoms with Crippen molar-refractivity contribution in [2.24, 2.45) is 5.92 Å². The standard InChI is InChI=1S/C26H24N2O3/c1-16-9-12-19(13-10-16)23-22-24(31-28(23)20-7-5-4-6-8-20)26(30)27(25(22)29)21-14-11-17(2)18(3)15-21/h4-15,22-24H,1-3H3/t22-,23-,24+/m1/s1. The molecule has 0 saturated carbocycles. The zero-order valence-electron chi connectivity index (χ0n) is 17.8. The van der Waals surface area contributed by atoms with E-state index >= 15 is 0 Å². The van der Waals surface area contributed by atoms with Crippen LogP contribution in [0, 0.1) is 26.7 Å². The monoisotopic (exact) mass is 412 g/mol. The molecule has 0 aromatic heterocycles. The predicted molar refractivity (Wildman–Crippen MR) is 120 cm³/mol. The average Bonchev–Trinajstić information content (AvgIpc) is 3.28. The summed E-state index contributed by atoms with van der Waals surface area (Å²) < 4.78 is 0. The molecular weight excluding hydrogens is 388 g/mol. The van der Waals surface area contributed by atoms with Crippen molar-refractivity contribution in [1.29, 1.82) is 0 Å². The van der Waals surface area contributed by atoms with E-state index in [0.29, 0.717) is 5.69 Å². The summed E-state index contributed by atoms with van der Waals surface area (Å²) in [6.45, 7) is 6.02. The number of carbonyl (C=O) groups is 2. The minimum atomic E-state index is -0.847. The van der Waals surface area contributed by atoms with Gasteiger partial charge >= 0.3 is 0 Å². The minimum Gasteiger partial charge on any atom is -0.273 e. The molecule has 5 heteroatoms. The molecule has 5 nitrogen and oxygen atoms in total. The smallest absolute Gasteiger partial charge is 0.266 e. The summed E-state index contributed by atoms with van der Waals surface area (Å²) in [6, 6.07) is 23.0. The first-order valence-corrected chi connectivity index (χ1v) is 10.5. The number of aryl methyl sites for hydroxylation is 3. The fourth-order valence-corrected chi connectivity index (χ4v) is 4.43. The van der Waals surface area contributed by atoms with Crippen LogP contribution in [0.1, 0.15) is 28.3 Å². The maximum Gasteiger partial charge on any atom is 0.266 e. The molecule has 0 bridgehead atoms. The molecule has 3 aromatic rings. The molecule has 2 amide bonds. The number of hydrogen-bond acceptors (Lipinski definition) is 4. The summed E-state index contributed by atoms with van der Waals surface area (Å²) in [5, 5.41) is 1.73. The quantitative estimate of drug-likeness (QED) is 0.587. The van der Waals surface area contributed by atoms with Gasteiger partial charge in [0.15, 0.2) is 6.10 Å². The van der Waals surface area contributed by atoms with Crippen LogP contribution in [0.2, 0.25) is 0 Å². The number of amides is 2. The van der Waals surface area contributed by atoms with Gasteiger partial charge in [0.2, 0.25) is 5.91 Å². The van der Waals surface area contributed by atoms with E-state index in [1.165, 1.54) is 4.90 Å². The number of nitrogens with zero attached hydrogens (tertiary/aromatic N) is 2. The molecule has 2 aliphatic heterocycles. The summed E-state index contributed by atoms with van der Waals surface area (Å²) in [4.78, 5) is 34.5. The van der Waals surface area contributed by atoms with Crippen molar-refractivity contribution < 1.29 is 14.4 Å². The second-order valence-electron chi connectivity index (χ2n) is 8.35. The van der Waals surface area contributed by atoms with Crippen LogP contribution in [0.4, 0.5) is 11.4 Å². The van der Waals surface area contributed by atoms with Gasteiger partial charge in [-0.1, -0.05) is 54.1 Å². The van der Waals surface area contributed by atoms with Gasteiger partial charge in [-0.05, 0) is 61.7 Å². The zero-order valence-corrected chi connectivity index (χ0v) is 17.8. The summed E-state index contributed by atoms with van der Waals surface area (Å²) in [5.74, 6) is -1.15. The molecule has 31 heavy (non-hydrogen) atoms. The second-order valence-corrected chi connectivity index (χ2v) is 8.35. The largest absolute Gasteiger partial charge is 0.273 e. The van der Waals surface area contributed by atoms with Gasteiger partial charge in [0.25, 0.3) is 5.91 Å². The third-order valence-corrected chi connectivity index (χ3v) is 6.29. The Labute approximate surface area is 181 Å². The predicted octanol–water partition coefficient (Wildman–Crippen LogP) is 4.66. The Morgan fingerprint density at radius 2 is 1.45 bits per heavy atom. The van der Waals surface area contributed by atoms with Crippen LogP contribution in [0.5, 0.6) is 0 Å². The van der Waals surface area contributed by atoms with E-state index in [1.54, 1.807) is 5.06 Å². The highest BCUT2D eigenvalue weighted by Crippen LogP contribution is 2.47. The molecule has 2 aliphatic rings.